The maximum atomic E-state index is 12.3. The monoisotopic (exact) mass is 841 g/mol. The fraction of sp³-hybridized carbons (Fsp3) is 0.660. The Morgan fingerprint density at radius 1 is 0.639 bits per heavy atom. The first-order valence-electron chi connectivity index (χ1n) is 23.3. The molecule has 5 aliphatic rings. The number of nitrogens with one attached hydrogen (secondary N) is 2. The Hall–Kier alpha value is -4.24. The van der Waals surface area contributed by atoms with E-state index in [0.717, 1.165) is 130 Å². The Balaban J connectivity index is 0.000000171. The largest absolute Gasteiger partial charge is 0.460 e. The van der Waals surface area contributed by atoms with Gasteiger partial charge in [-0.3, -0.25) is 19.4 Å². The van der Waals surface area contributed by atoms with Crippen molar-refractivity contribution in [3.63, 3.8) is 0 Å². The summed E-state index contributed by atoms with van der Waals surface area (Å²) in [5, 5.41) is 8.62. The molecule has 3 saturated heterocycles. The molecule has 61 heavy (non-hydrogen) atoms. The first-order chi connectivity index (χ1) is 30.0. The summed E-state index contributed by atoms with van der Waals surface area (Å²) in [6.45, 7) is 14.3. The summed E-state index contributed by atoms with van der Waals surface area (Å²) < 4.78 is 22.3. The third-order valence-electron chi connectivity index (χ3n) is 13.8. The molecule has 0 radical (unpaired) electrons. The van der Waals surface area contributed by atoms with E-state index in [9.17, 15) is 9.59 Å². The van der Waals surface area contributed by atoms with Gasteiger partial charge >= 0.3 is 0 Å². The number of carbonyl (C=O) groups excluding carboxylic acids is 2. The molecular formula is C47H68N8O6. The van der Waals surface area contributed by atoms with Crippen molar-refractivity contribution >= 4 is 45.4 Å². The number of carbonyl (C=O) groups is 2. The molecule has 0 bridgehead atoms. The Morgan fingerprint density at radius 2 is 1.13 bits per heavy atom. The van der Waals surface area contributed by atoms with Crippen LogP contribution in [0.1, 0.15) is 84.0 Å². The average molecular weight is 841 g/mol. The molecule has 1 atom stereocenters. The third kappa shape index (κ3) is 12.0. The molecule has 5 fully saturated rings. The Kier molecular flexibility index (Phi) is 15.4. The average Bonchev–Trinajstić information content (AvgIpc) is 4.00. The number of rotatable bonds is 13. The zero-order valence-corrected chi connectivity index (χ0v) is 36.3. The second-order valence-corrected chi connectivity index (χ2v) is 17.9. The lowest BCUT2D eigenvalue weighted by atomic mass is 9.84. The second kappa shape index (κ2) is 21.7. The number of ether oxygens (including phenoxy) is 2. The number of nitrogens with zero attached hydrogens (tertiary/aromatic N) is 6. The number of amides is 2. The highest BCUT2D eigenvalue weighted by Crippen LogP contribution is 2.31. The van der Waals surface area contributed by atoms with Crippen LogP contribution in [-0.2, 0) is 19.1 Å². The zero-order valence-electron chi connectivity index (χ0n) is 36.3. The number of anilines is 2. The maximum absolute atomic E-state index is 12.3. The summed E-state index contributed by atoms with van der Waals surface area (Å²) in [4.78, 5) is 42.9. The van der Waals surface area contributed by atoms with Crippen molar-refractivity contribution in [3.8, 4) is 0 Å². The number of furan rings is 2. The first-order valence-corrected chi connectivity index (χ1v) is 23.3. The Bertz CT molecular complexity index is 1950. The molecule has 2 amide bonds. The first kappa shape index (κ1) is 43.4. The molecule has 14 heteroatoms. The zero-order chi connectivity index (χ0) is 41.8. The molecule has 7 heterocycles. The van der Waals surface area contributed by atoms with Crippen LogP contribution in [0.2, 0.25) is 0 Å². The van der Waals surface area contributed by atoms with Gasteiger partial charge in [-0.2, -0.15) is 0 Å². The molecular weight excluding hydrogens is 773 g/mol. The van der Waals surface area contributed by atoms with E-state index in [1.165, 1.54) is 45.1 Å². The number of hydrogen-bond acceptors (Lipinski definition) is 12. The lowest BCUT2D eigenvalue weighted by Gasteiger charge is -2.36. The predicted molar refractivity (Wildman–Crippen MR) is 238 cm³/mol. The highest BCUT2D eigenvalue weighted by Gasteiger charge is 2.28. The maximum Gasteiger partial charge on any atom is 0.222 e. The fourth-order valence-corrected chi connectivity index (χ4v) is 9.97. The topological polar surface area (TPSA) is 142 Å². The van der Waals surface area contributed by atoms with E-state index in [1.54, 1.807) is 12.5 Å². The minimum atomic E-state index is -0.0849. The van der Waals surface area contributed by atoms with Gasteiger partial charge in [0.25, 0.3) is 0 Å². The van der Waals surface area contributed by atoms with Crippen LogP contribution in [0.4, 0.5) is 11.6 Å². The van der Waals surface area contributed by atoms with Crippen molar-refractivity contribution in [1.29, 1.82) is 0 Å². The van der Waals surface area contributed by atoms with Gasteiger partial charge < -0.3 is 38.7 Å². The predicted octanol–water partition coefficient (Wildman–Crippen LogP) is 6.25. The summed E-state index contributed by atoms with van der Waals surface area (Å²) in [6.07, 6.45) is 20.1. The van der Waals surface area contributed by atoms with Gasteiger partial charge in [0.15, 0.2) is 22.8 Å². The van der Waals surface area contributed by atoms with Gasteiger partial charge in [0.2, 0.25) is 11.8 Å². The molecule has 2 N–H and O–H groups in total. The number of piperazine rings is 2. The van der Waals surface area contributed by atoms with Crippen LogP contribution in [-0.4, -0.2) is 135 Å². The molecule has 1 unspecified atom stereocenters. The lowest BCUT2D eigenvalue weighted by Crippen LogP contribution is -2.47. The SMILES string of the molecule is CCC(=O)N[C@H]1CC[C@H](CCN2CCN(c3nccc4ccoc34)CC2)CC1.O=C(CC1COCCO1)N[C@H]1CC[C@H](CCN2CCN(c3nccc4ccoc34)CC2)CC1. The van der Waals surface area contributed by atoms with Crippen molar-refractivity contribution in [1.82, 2.24) is 30.4 Å². The van der Waals surface area contributed by atoms with Gasteiger partial charge in [0.05, 0.1) is 44.9 Å². The summed E-state index contributed by atoms with van der Waals surface area (Å²) >= 11 is 0. The van der Waals surface area contributed by atoms with Crippen LogP contribution in [0.3, 0.4) is 0 Å². The summed E-state index contributed by atoms with van der Waals surface area (Å²) in [5.41, 5.74) is 1.80. The molecule has 9 rings (SSSR count). The second-order valence-electron chi connectivity index (χ2n) is 17.9. The van der Waals surface area contributed by atoms with E-state index in [1.807, 2.05) is 43.6 Å². The van der Waals surface area contributed by atoms with Crippen molar-refractivity contribution < 1.29 is 27.9 Å². The smallest absolute Gasteiger partial charge is 0.222 e. The van der Waals surface area contributed by atoms with E-state index in [0.29, 0.717) is 44.7 Å². The number of hydrogen-bond donors (Lipinski definition) is 2. The van der Waals surface area contributed by atoms with E-state index in [2.05, 4.69) is 40.2 Å². The van der Waals surface area contributed by atoms with Crippen LogP contribution < -0.4 is 20.4 Å². The van der Waals surface area contributed by atoms with Crippen LogP contribution in [0, 0.1) is 11.8 Å². The number of pyridine rings is 2. The van der Waals surface area contributed by atoms with E-state index in [4.69, 9.17) is 18.3 Å². The standard InChI is InChI=1S/C25H36N4O4.C22H32N4O2/c30-23(17-22-18-31-15-16-32-22)27-21-3-1-19(2-4-21)6-9-28-10-12-29(13-11-28)25-24-20(5-8-26-25)7-14-33-24;1-2-20(27)24-19-5-3-17(4-6-19)8-11-25-12-14-26(15-13-25)22-21-18(7-10-23-22)9-16-28-21/h5,7-8,14,19,21-22H,1-4,6,9-13,15-18H2,(H,27,30);7,9-10,16-17,19H,2-6,8,11-15H2,1H3,(H,24,27)/t19-,21-,22?;17-,19-. The molecule has 0 spiro atoms. The normalized spacial score (nSPS) is 25.6. The van der Waals surface area contributed by atoms with Crippen molar-refractivity contribution in [2.24, 2.45) is 11.8 Å². The molecule has 4 aromatic heterocycles. The van der Waals surface area contributed by atoms with Gasteiger partial charge in [-0.15, -0.1) is 0 Å². The third-order valence-corrected chi connectivity index (χ3v) is 13.8. The fourth-order valence-electron chi connectivity index (χ4n) is 9.97. The Labute approximate surface area is 361 Å². The van der Waals surface area contributed by atoms with Crippen LogP contribution in [0.25, 0.3) is 21.9 Å². The molecule has 3 aliphatic heterocycles. The van der Waals surface area contributed by atoms with Gasteiger partial charge in [-0.05, 0) is 113 Å². The van der Waals surface area contributed by atoms with E-state index < -0.39 is 0 Å². The molecule has 14 nitrogen and oxygen atoms in total. The van der Waals surface area contributed by atoms with Crippen LogP contribution in [0.5, 0.6) is 0 Å². The van der Waals surface area contributed by atoms with Crippen LogP contribution >= 0.6 is 0 Å². The van der Waals surface area contributed by atoms with Crippen molar-refractivity contribution in [2.45, 2.75) is 102 Å². The summed E-state index contributed by atoms with van der Waals surface area (Å²) in [6, 6.07) is 8.72. The van der Waals surface area contributed by atoms with Crippen molar-refractivity contribution in [2.75, 3.05) is 95.1 Å². The number of fused-ring (bicyclic) bond motifs is 2. The molecule has 332 valence electrons. The minimum absolute atomic E-state index is 0.0849. The lowest BCUT2D eigenvalue weighted by molar-refractivity contribution is -0.132. The summed E-state index contributed by atoms with van der Waals surface area (Å²) in [5.74, 6) is 3.83. The molecule has 2 aliphatic carbocycles. The quantitative estimate of drug-likeness (QED) is 0.157. The van der Waals surface area contributed by atoms with E-state index >= 15 is 0 Å². The van der Waals surface area contributed by atoms with Crippen molar-refractivity contribution in [3.05, 3.63) is 49.2 Å². The summed E-state index contributed by atoms with van der Waals surface area (Å²) in [7, 11) is 0. The van der Waals surface area contributed by atoms with Gasteiger partial charge in [0, 0.05) is 94.0 Å². The highest BCUT2D eigenvalue weighted by molar-refractivity contribution is 5.87. The molecule has 4 aromatic rings. The highest BCUT2D eigenvalue weighted by atomic mass is 16.6. The molecule has 0 aromatic carbocycles. The minimum Gasteiger partial charge on any atom is -0.460 e. The number of aromatic nitrogens is 2. The van der Waals surface area contributed by atoms with Crippen LogP contribution in [0.15, 0.2) is 58.0 Å². The van der Waals surface area contributed by atoms with Gasteiger partial charge in [0.1, 0.15) is 0 Å². The van der Waals surface area contributed by atoms with Gasteiger partial charge in [-0.1, -0.05) is 6.92 Å². The molecule has 2 saturated carbocycles. The van der Waals surface area contributed by atoms with Gasteiger partial charge in [-0.25, -0.2) is 9.97 Å². The van der Waals surface area contributed by atoms with E-state index in [-0.39, 0.29) is 17.9 Å². The Morgan fingerprint density at radius 3 is 1.59 bits per heavy atom.